The molecule has 2 aromatic carbocycles. The number of hydrogen-bond acceptors (Lipinski definition) is 5. The molecule has 6 heteroatoms. The molecular formula is C26H39N3O3. The van der Waals surface area contributed by atoms with Crippen LogP contribution in [-0.4, -0.2) is 44.3 Å². The van der Waals surface area contributed by atoms with E-state index in [0.717, 1.165) is 50.2 Å². The third-order valence-electron chi connectivity index (χ3n) is 5.41. The summed E-state index contributed by atoms with van der Waals surface area (Å²) < 4.78 is 6.21. The van der Waals surface area contributed by atoms with Crippen molar-refractivity contribution in [3.63, 3.8) is 0 Å². The highest BCUT2D eigenvalue weighted by atomic mass is 16.5. The van der Waals surface area contributed by atoms with Gasteiger partial charge in [-0.2, -0.15) is 0 Å². The van der Waals surface area contributed by atoms with Crippen LogP contribution in [0, 0.1) is 0 Å². The zero-order valence-electron chi connectivity index (χ0n) is 19.8. The van der Waals surface area contributed by atoms with Gasteiger partial charge in [0, 0.05) is 20.1 Å². The average Bonchev–Trinajstić information content (AvgIpc) is 3.40. The minimum absolute atomic E-state index is 0.257. The Kier molecular flexibility index (Phi) is 11.5. The van der Waals surface area contributed by atoms with E-state index in [1.54, 1.807) is 19.2 Å². The molecule has 0 saturated carbocycles. The molecule has 0 aliphatic carbocycles. The number of para-hydroxylation sites is 1. The van der Waals surface area contributed by atoms with Crippen molar-refractivity contribution in [3.8, 4) is 11.5 Å². The Balaban J connectivity index is 0.000000636. The molecule has 1 fully saturated rings. The molecule has 32 heavy (non-hydrogen) atoms. The first kappa shape index (κ1) is 25.5. The fourth-order valence-corrected chi connectivity index (χ4v) is 3.55. The predicted octanol–water partition coefficient (Wildman–Crippen LogP) is 6.00. The molecule has 1 saturated heterocycles. The molecule has 176 valence electrons. The maximum atomic E-state index is 11.7. The van der Waals surface area contributed by atoms with E-state index in [2.05, 4.69) is 29.4 Å². The van der Waals surface area contributed by atoms with E-state index < -0.39 is 5.97 Å². The Morgan fingerprint density at radius 3 is 2.16 bits per heavy atom. The SMILES string of the molecule is C1CCNC1.CCCCN(CCCC)c1cc(C(=O)O)cc(NC)c1Oc1ccccc1. The van der Waals surface area contributed by atoms with E-state index in [1.807, 2.05) is 30.3 Å². The van der Waals surface area contributed by atoms with Gasteiger partial charge in [0.1, 0.15) is 5.75 Å². The van der Waals surface area contributed by atoms with E-state index in [9.17, 15) is 9.90 Å². The van der Waals surface area contributed by atoms with E-state index in [0.29, 0.717) is 11.4 Å². The highest BCUT2D eigenvalue weighted by Crippen LogP contribution is 2.40. The summed E-state index contributed by atoms with van der Waals surface area (Å²) in [6.07, 6.45) is 7.02. The summed E-state index contributed by atoms with van der Waals surface area (Å²) in [4.78, 5) is 13.9. The van der Waals surface area contributed by atoms with Crippen molar-refractivity contribution in [2.45, 2.75) is 52.4 Å². The Hall–Kier alpha value is -2.73. The molecule has 0 aromatic heterocycles. The van der Waals surface area contributed by atoms with Gasteiger partial charge < -0.3 is 25.4 Å². The van der Waals surface area contributed by atoms with Crippen LogP contribution in [0.1, 0.15) is 62.7 Å². The lowest BCUT2D eigenvalue weighted by atomic mass is 10.1. The number of carboxylic acid groups (broad SMARTS) is 1. The minimum Gasteiger partial charge on any atom is -0.478 e. The number of aromatic carboxylic acids is 1. The number of hydrogen-bond donors (Lipinski definition) is 3. The first-order valence-corrected chi connectivity index (χ1v) is 11.9. The van der Waals surface area contributed by atoms with Gasteiger partial charge in [-0.15, -0.1) is 0 Å². The highest BCUT2D eigenvalue weighted by molar-refractivity contribution is 5.92. The van der Waals surface area contributed by atoms with Gasteiger partial charge in [0.2, 0.25) is 0 Å². The minimum atomic E-state index is -0.940. The summed E-state index contributed by atoms with van der Waals surface area (Å²) in [5.74, 6) is 0.454. The fraction of sp³-hybridized carbons (Fsp3) is 0.500. The van der Waals surface area contributed by atoms with Gasteiger partial charge in [-0.3, -0.25) is 0 Å². The van der Waals surface area contributed by atoms with Gasteiger partial charge in [-0.25, -0.2) is 4.79 Å². The molecular weight excluding hydrogens is 402 g/mol. The van der Waals surface area contributed by atoms with Crippen LogP contribution in [0.25, 0.3) is 0 Å². The monoisotopic (exact) mass is 441 g/mol. The van der Waals surface area contributed by atoms with Gasteiger partial charge >= 0.3 is 5.97 Å². The van der Waals surface area contributed by atoms with Gasteiger partial charge in [0.05, 0.1) is 16.9 Å². The number of unbranched alkanes of at least 4 members (excludes halogenated alkanes) is 2. The predicted molar refractivity (Wildman–Crippen MR) is 134 cm³/mol. The summed E-state index contributed by atoms with van der Waals surface area (Å²) in [7, 11) is 1.78. The molecule has 0 spiro atoms. The number of nitrogens with one attached hydrogen (secondary N) is 2. The Bertz CT molecular complexity index is 792. The van der Waals surface area contributed by atoms with Crippen LogP contribution in [0.5, 0.6) is 11.5 Å². The summed E-state index contributed by atoms with van der Waals surface area (Å²) in [5.41, 5.74) is 1.75. The number of benzene rings is 2. The molecule has 0 bridgehead atoms. The van der Waals surface area contributed by atoms with E-state index in [4.69, 9.17) is 4.74 Å². The molecule has 2 aromatic rings. The van der Waals surface area contributed by atoms with Gasteiger partial charge in [0.15, 0.2) is 5.75 Å². The zero-order chi connectivity index (χ0) is 23.2. The Labute approximate surface area is 193 Å². The lowest BCUT2D eigenvalue weighted by molar-refractivity contribution is 0.0697. The van der Waals surface area contributed by atoms with Crippen molar-refractivity contribution in [1.82, 2.24) is 5.32 Å². The summed E-state index contributed by atoms with van der Waals surface area (Å²) in [6, 6.07) is 12.9. The lowest BCUT2D eigenvalue weighted by Crippen LogP contribution is -2.26. The smallest absolute Gasteiger partial charge is 0.335 e. The van der Waals surface area contributed by atoms with Crippen LogP contribution in [0.2, 0.25) is 0 Å². The largest absolute Gasteiger partial charge is 0.478 e. The summed E-state index contributed by atoms with van der Waals surface area (Å²) >= 11 is 0. The molecule has 0 unspecified atom stereocenters. The van der Waals surface area contributed by atoms with Gasteiger partial charge in [-0.1, -0.05) is 44.9 Å². The van der Waals surface area contributed by atoms with Crippen LogP contribution in [-0.2, 0) is 0 Å². The standard InChI is InChI=1S/C22H30N2O3.C4H9N/c1-4-6-13-24(14-7-5-2)20-16-17(22(25)26)15-19(23-3)21(20)27-18-11-9-8-10-12-18;1-2-4-5-3-1/h8-12,15-16,23H,4-7,13-14H2,1-3H3,(H,25,26);5H,1-4H2. The summed E-state index contributed by atoms with van der Waals surface area (Å²) in [6.45, 7) is 8.56. The lowest BCUT2D eigenvalue weighted by Gasteiger charge is -2.28. The molecule has 0 atom stereocenters. The maximum Gasteiger partial charge on any atom is 0.335 e. The second kappa shape index (κ2) is 14.4. The number of anilines is 2. The molecule has 1 aliphatic rings. The van der Waals surface area contributed by atoms with Crippen LogP contribution >= 0.6 is 0 Å². The molecule has 0 radical (unpaired) electrons. The van der Waals surface area contributed by atoms with Crippen molar-refractivity contribution in [1.29, 1.82) is 0 Å². The number of rotatable bonds is 11. The summed E-state index contributed by atoms with van der Waals surface area (Å²) in [5, 5.41) is 15.9. The van der Waals surface area contributed by atoms with Crippen LogP contribution in [0.4, 0.5) is 11.4 Å². The van der Waals surface area contributed by atoms with Crippen molar-refractivity contribution in [3.05, 3.63) is 48.0 Å². The van der Waals surface area contributed by atoms with Crippen LogP contribution in [0.15, 0.2) is 42.5 Å². The second-order valence-electron chi connectivity index (χ2n) is 7.99. The van der Waals surface area contributed by atoms with E-state index in [-0.39, 0.29) is 5.56 Å². The van der Waals surface area contributed by atoms with E-state index in [1.165, 1.54) is 25.9 Å². The Morgan fingerprint density at radius 2 is 1.69 bits per heavy atom. The Morgan fingerprint density at radius 1 is 1.06 bits per heavy atom. The number of carbonyl (C=O) groups is 1. The van der Waals surface area contributed by atoms with Gasteiger partial charge in [0.25, 0.3) is 0 Å². The average molecular weight is 442 g/mol. The first-order chi connectivity index (χ1) is 15.6. The first-order valence-electron chi connectivity index (χ1n) is 11.9. The normalized spacial score (nSPS) is 12.6. The quantitative estimate of drug-likeness (QED) is 0.397. The molecule has 1 aliphatic heterocycles. The van der Waals surface area contributed by atoms with Gasteiger partial charge in [-0.05, 0) is 63.0 Å². The number of nitrogens with zero attached hydrogens (tertiary/aromatic N) is 1. The molecule has 3 N–H and O–H groups in total. The van der Waals surface area contributed by atoms with Crippen LogP contribution < -0.4 is 20.3 Å². The van der Waals surface area contributed by atoms with Crippen molar-refractivity contribution >= 4 is 17.3 Å². The number of carboxylic acids is 1. The second-order valence-corrected chi connectivity index (χ2v) is 7.99. The van der Waals surface area contributed by atoms with Crippen LogP contribution in [0.3, 0.4) is 0 Å². The zero-order valence-corrected chi connectivity index (χ0v) is 19.8. The maximum absolute atomic E-state index is 11.7. The molecule has 3 rings (SSSR count). The molecule has 1 heterocycles. The third-order valence-corrected chi connectivity index (χ3v) is 5.41. The van der Waals surface area contributed by atoms with Crippen molar-refractivity contribution < 1.29 is 14.6 Å². The topological polar surface area (TPSA) is 73.8 Å². The molecule has 6 nitrogen and oxygen atoms in total. The fourth-order valence-electron chi connectivity index (χ4n) is 3.55. The number of ether oxygens (including phenoxy) is 1. The molecule has 0 amide bonds. The van der Waals surface area contributed by atoms with E-state index >= 15 is 0 Å². The highest BCUT2D eigenvalue weighted by Gasteiger charge is 2.20. The van der Waals surface area contributed by atoms with Crippen molar-refractivity contribution in [2.24, 2.45) is 0 Å². The third kappa shape index (κ3) is 8.08. The van der Waals surface area contributed by atoms with Crippen molar-refractivity contribution in [2.75, 3.05) is 43.4 Å².